The maximum Gasteiger partial charge on any atom is 0.225 e. The molecule has 162 valence electrons. The van der Waals surface area contributed by atoms with Gasteiger partial charge in [-0.15, -0.1) is 11.3 Å². The van der Waals surface area contributed by atoms with Crippen LogP contribution >= 0.6 is 22.9 Å². The van der Waals surface area contributed by atoms with Crippen LogP contribution in [0.15, 0.2) is 53.9 Å². The van der Waals surface area contributed by atoms with E-state index in [4.69, 9.17) is 16.6 Å². The van der Waals surface area contributed by atoms with E-state index in [1.165, 1.54) is 53.6 Å². The standard InChI is InChI=1S/C26H25ClN4S/c27-26-28-24(31-14-12-30(13-15-31)21-8-2-1-3-9-21)23-22(17-32-25(23)29-26)20-11-10-18-6-4-5-7-19(18)16-20/h1-3,8-11,16-17H,4-7,12-15H2. The third-order valence-corrected chi connectivity index (χ3v) is 7.79. The van der Waals surface area contributed by atoms with Gasteiger partial charge < -0.3 is 9.80 Å². The van der Waals surface area contributed by atoms with E-state index in [9.17, 15) is 0 Å². The van der Waals surface area contributed by atoms with Crippen LogP contribution in [-0.2, 0) is 12.8 Å². The number of halogens is 1. The first-order valence-electron chi connectivity index (χ1n) is 11.4. The lowest BCUT2D eigenvalue weighted by Crippen LogP contribution is -2.47. The Morgan fingerprint density at radius 2 is 1.56 bits per heavy atom. The molecule has 0 amide bonds. The van der Waals surface area contributed by atoms with Gasteiger partial charge in [-0.1, -0.05) is 36.4 Å². The lowest BCUT2D eigenvalue weighted by Gasteiger charge is -2.37. The molecule has 3 heterocycles. The van der Waals surface area contributed by atoms with Crippen molar-refractivity contribution in [2.75, 3.05) is 36.0 Å². The first-order chi connectivity index (χ1) is 15.8. The van der Waals surface area contributed by atoms with E-state index >= 15 is 0 Å². The number of rotatable bonds is 3. The Bertz CT molecular complexity index is 1260. The number of nitrogens with zero attached hydrogens (tertiary/aromatic N) is 4. The topological polar surface area (TPSA) is 32.3 Å². The van der Waals surface area contributed by atoms with Crippen molar-refractivity contribution in [1.29, 1.82) is 0 Å². The molecule has 1 saturated heterocycles. The summed E-state index contributed by atoms with van der Waals surface area (Å²) in [6.07, 6.45) is 4.98. The molecule has 0 atom stereocenters. The van der Waals surface area contributed by atoms with Crippen molar-refractivity contribution < 1.29 is 0 Å². The Hall–Kier alpha value is -2.63. The van der Waals surface area contributed by atoms with Crippen LogP contribution in [0.5, 0.6) is 0 Å². The van der Waals surface area contributed by atoms with E-state index in [0.717, 1.165) is 42.2 Å². The van der Waals surface area contributed by atoms with E-state index in [0.29, 0.717) is 5.28 Å². The summed E-state index contributed by atoms with van der Waals surface area (Å²) in [6, 6.07) is 17.6. The zero-order chi connectivity index (χ0) is 21.5. The average Bonchev–Trinajstić information content (AvgIpc) is 3.27. The minimum Gasteiger partial charge on any atom is -0.368 e. The molecular formula is C26H25ClN4S. The molecule has 1 aliphatic heterocycles. The number of thiophene rings is 1. The van der Waals surface area contributed by atoms with Crippen molar-refractivity contribution in [3.8, 4) is 11.1 Å². The SMILES string of the molecule is Clc1nc(N2CCN(c3ccccc3)CC2)c2c(-c3ccc4c(c3)CCCC4)csc2n1. The molecule has 4 aromatic rings. The highest BCUT2D eigenvalue weighted by Gasteiger charge is 2.24. The van der Waals surface area contributed by atoms with Gasteiger partial charge in [-0.25, -0.2) is 4.98 Å². The van der Waals surface area contributed by atoms with Crippen LogP contribution in [0.2, 0.25) is 5.28 Å². The second-order valence-corrected chi connectivity index (χ2v) is 9.84. The highest BCUT2D eigenvalue weighted by molar-refractivity contribution is 7.17. The number of hydrogen-bond donors (Lipinski definition) is 0. The summed E-state index contributed by atoms with van der Waals surface area (Å²) in [6.45, 7) is 3.75. The molecular weight excluding hydrogens is 436 g/mol. The van der Waals surface area contributed by atoms with Crippen molar-refractivity contribution in [3.05, 3.63) is 70.3 Å². The summed E-state index contributed by atoms with van der Waals surface area (Å²) in [5, 5.41) is 3.70. The molecule has 2 aromatic carbocycles. The predicted molar refractivity (Wildman–Crippen MR) is 135 cm³/mol. The summed E-state index contributed by atoms with van der Waals surface area (Å²) in [5.74, 6) is 0.974. The first-order valence-corrected chi connectivity index (χ1v) is 12.6. The van der Waals surface area contributed by atoms with E-state index in [-0.39, 0.29) is 0 Å². The smallest absolute Gasteiger partial charge is 0.225 e. The molecule has 0 radical (unpaired) electrons. The zero-order valence-electron chi connectivity index (χ0n) is 17.9. The molecule has 1 aliphatic carbocycles. The number of benzene rings is 2. The fourth-order valence-corrected chi connectivity index (χ4v) is 6.21. The monoisotopic (exact) mass is 460 g/mol. The molecule has 0 N–H and O–H groups in total. The number of anilines is 2. The van der Waals surface area contributed by atoms with Crippen LogP contribution in [0.3, 0.4) is 0 Å². The number of hydrogen-bond acceptors (Lipinski definition) is 5. The Kier molecular flexibility index (Phi) is 5.24. The average molecular weight is 461 g/mol. The summed E-state index contributed by atoms with van der Waals surface area (Å²) < 4.78 is 0. The van der Waals surface area contributed by atoms with Crippen LogP contribution < -0.4 is 9.80 Å². The minimum atomic E-state index is 0.330. The van der Waals surface area contributed by atoms with Gasteiger partial charge in [0.15, 0.2) is 0 Å². The van der Waals surface area contributed by atoms with Gasteiger partial charge in [-0.05, 0) is 66.1 Å². The van der Waals surface area contributed by atoms with Crippen LogP contribution in [0.4, 0.5) is 11.5 Å². The Morgan fingerprint density at radius 3 is 2.38 bits per heavy atom. The molecule has 0 bridgehead atoms. The molecule has 4 nitrogen and oxygen atoms in total. The molecule has 0 spiro atoms. The van der Waals surface area contributed by atoms with E-state index in [1.807, 2.05) is 0 Å². The zero-order valence-corrected chi connectivity index (χ0v) is 19.5. The predicted octanol–water partition coefficient (Wildman–Crippen LogP) is 6.22. The number of piperazine rings is 1. The normalized spacial score (nSPS) is 16.4. The van der Waals surface area contributed by atoms with Crippen molar-refractivity contribution in [1.82, 2.24) is 9.97 Å². The maximum atomic E-state index is 6.37. The van der Waals surface area contributed by atoms with Crippen molar-refractivity contribution in [3.63, 3.8) is 0 Å². The van der Waals surface area contributed by atoms with Gasteiger partial charge in [0.25, 0.3) is 0 Å². The third kappa shape index (κ3) is 3.63. The highest BCUT2D eigenvalue weighted by atomic mass is 35.5. The van der Waals surface area contributed by atoms with E-state index < -0.39 is 0 Å². The van der Waals surface area contributed by atoms with Gasteiger partial charge in [0.2, 0.25) is 5.28 Å². The molecule has 6 heteroatoms. The first kappa shape index (κ1) is 20.0. The molecule has 0 saturated carbocycles. The Labute approximate surface area is 197 Å². The summed E-state index contributed by atoms with van der Waals surface area (Å²) in [4.78, 5) is 15.1. The maximum absolute atomic E-state index is 6.37. The summed E-state index contributed by atoms with van der Waals surface area (Å²) in [7, 11) is 0. The quantitative estimate of drug-likeness (QED) is 0.340. The van der Waals surface area contributed by atoms with Crippen LogP contribution in [0, 0.1) is 0 Å². The minimum absolute atomic E-state index is 0.330. The number of fused-ring (bicyclic) bond motifs is 2. The van der Waals surface area contributed by atoms with Crippen LogP contribution in [-0.4, -0.2) is 36.1 Å². The fourth-order valence-electron chi connectivity index (χ4n) is 5.06. The van der Waals surface area contributed by atoms with Gasteiger partial charge in [0.1, 0.15) is 10.6 Å². The van der Waals surface area contributed by atoms with Gasteiger partial charge in [-0.2, -0.15) is 4.98 Å². The molecule has 32 heavy (non-hydrogen) atoms. The van der Waals surface area contributed by atoms with E-state index in [2.05, 4.69) is 68.7 Å². The summed E-state index contributed by atoms with van der Waals surface area (Å²) in [5.41, 5.74) is 6.79. The second kappa shape index (κ2) is 8.38. The highest BCUT2D eigenvalue weighted by Crippen LogP contribution is 2.40. The van der Waals surface area contributed by atoms with Gasteiger partial charge >= 0.3 is 0 Å². The van der Waals surface area contributed by atoms with Crippen molar-refractivity contribution >= 4 is 44.7 Å². The van der Waals surface area contributed by atoms with Crippen LogP contribution in [0.1, 0.15) is 24.0 Å². The Balaban J connectivity index is 1.36. The second-order valence-electron chi connectivity index (χ2n) is 8.65. The van der Waals surface area contributed by atoms with E-state index in [1.54, 1.807) is 11.3 Å². The summed E-state index contributed by atoms with van der Waals surface area (Å²) >= 11 is 8.03. The van der Waals surface area contributed by atoms with Crippen LogP contribution in [0.25, 0.3) is 21.3 Å². The molecule has 1 fully saturated rings. The molecule has 2 aromatic heterocycles. The largest absolute Gasteiger partial charge is 0.368 e. The van der Waals surface area contributed by atoms with Gasteiger partial charge in [0, 0.05) is 42.8 Å². The molecule has 2 aliphatic rings. The molecule has 0 unspecified atom stereocenters. The number of aryl methyl sites for hydroxylation is 2. The fraction of sp³-hybridized carbons (Fsp3) is 0.308. The number of para-hydroxylation sites is 1. The Morgan fingerprint density at radius 1 is 0.812 bits per heavy atom. The molecule has 6 rings (SSSR count). The third-order valence-electron chi connectivity index (χ3n) is 6.75. The van der Waals surface area contributed by atoms with Crippen molar-refractivity contribution in [2.45, 2.75) is 25.7 Å². The number of aromatic nitrogens is 2. The lowest BCUT2D eigenvalue weighted by molar-refractivity contribution is 0.649. The lowest BCUT2D eigenvalue weighted by atomic mass is 9.89. The van der Waals surface area contributed by atoms with Gasteiger partial charge in [0.05, 0.1) is 5.39 Å². The van der Waals surface area contributed by atoms with Gasteiger partial charge in [-0.3, -0.25) is 0 Å². The van der Waals surface area contributed by atoms with Crippen molar-refractivity contribution in [2.24, 2.45) is 0 Å².